The zero-order valence-electron chi connectivity index (χ0n) is 25.1. The maximum absolute atomic E-state index is 14.3. The number of benzene rings is 3. The molecule has 4 aromatic rings. The van der Waals surface area contributed by atoms with Gasteiger partial charge in [0, 0.05) is 31.5 Å². The summed E-state index contributed by atoms with van der Waals surface area (Å²) in [5.41, 5.74) is 2.73. The lowest BCUT2D eigenvalue weighted by Gasteiger charge is -2.25. The molecule has 2 atom stereocenters. The largest absolute Gasteiger partial charge is 0.444 e. The summed E-state index contributed by atoms with van der Waals surface area (Å²) in [7, 11) is 1.95. The number of fused-ring (bicyclic) bond motifs is 1. The van der Waals surface area contributed by atoms with E-state index in [2.05, 4.69) is 5.32 Å². The van der Waals surface area contributed by atoms with Crippen molar-refractivity contribution < 1.29 is 19.4 Å². The van der Waals surface area contributed by atoms with Gasteiger partial charge in [-0.1, -0.05) is 49.4 Å². The fraction of sp³-hybridized carbons (Fsp3) is 0.364. The van der Waals surface area contributed by atoms with Crippen LogP contribution in [0.2, 0.25) is 0 Å². The molecular weight excluding hydrogens is 532 g/mol. The molecule has 9 heteroatoms. The summed E-state index contributed by atoms with van der Waals surface area (Å²) in [6.45, 7) is 10.0. The first-order chi connectivity index (χ1) is 20.0. The molecule has 2 N–H and O–H groups in total. The minimum atomic E-state index is -0.971. The van der Waals surface area contributed by atoms with E-state index >= 15 is 0 Å². The van der Waals surface area contributed by atoms with E-state index in [1.165, 1.54) is 0 Å². The van der Waals surface area contributed by atoms with Gasteiger partial charge in [-0.15, -0.1) is 0 Å². The van der Waals surface area contributed by atoms with E-state index in [-0.39, 0.29) is 5.56 Å². The average Bonchev–Trinajstić information content (AvgIpc) is 2.95. The SMILES string of the molecule is CCOC(O)c1ccc(N(C)Cc2cccc3nc([C@H](CC)NC(=O)OC(C)(C)C)n(-c4ccccc4)c(=O)c23)cc1. The third-order valence-corrected chi connectivity index (χ3v) is 6.79. The van der Waals surface area contributed by atoms with Crippen molar-refractivity contribution in [2.45, 2.75) is 65.5 Å². The second kappa shape index (κ2) is 13.2. The lowest BCUT2D eigenvalue weighted by atomic mass is 10.1. The van der Waals surface area contributed by atoms with Gasteiger partial charge < -0.3 is 24.8 Å². The van der Waals surface area contributed by atoms with Crippen LogP contribution in [0, 0.1) is 0 Å². The van der Waals surface area contributed by atoms with Crippen molar-refractivity contribution in [3.8, 4) is 5.69 Å². The molecule has 0 fully saturated rings. The predicted molar refractivity (Wildman–Crippen MR) is 165 cm³/mol. The van der Waals surface area contributed by atoms with Crippen molar-refractivity contribution in [2.24, 2.45) is 0 Å². The number of rotatable bonds is 10. The van der Waals surface area contributed by atoms with E-state index in [0.717, 1.165) is 11.3 Å². The number of anilines is 1. The van der Waals surface area contributed by atoms with Crippen LogP contribution in [0.1, 0.15) is 70.3 Å². The number of carbonyl (C=O) groups excluding carboxylic acids is 1. The van der Waals surface area contributed by atoms with Crippen LogP contribution < -0.4 is 15.8 Å². The number of amides is 1. The van der Waals surface area contributed by atoms with Gasteiger partial charge in [0.15, 0.2) is 6.29 Å². The lowest BCUT2D eigenvalue weighted by molar-refractivity contribution is -0.0979. The zero-order chi connectivity index (χ0) is 30.4. The third-order valence-electron chi connectivity index (χ3n) is 6.79. The molecule has 0 aliphatic carbocycles. The molecule has 222 valence electrons. The van der Waals surface area contributed by atoms with Crippen molar-refractivity contribution >= 4 is 22.7 Å². The topological polar surface area (TPSA) is 106 Å². The number of aliphatic hydroxyl groups is 1. The van der Waals surface area contributed by atoms with Crippen LogP contribution in [-0.2, 0) is 16.0 Å². The number of ether oxygens (including phenoxy) is 2. The van der Waals surface area contributed by atoms with E-state index in [4.69, 9.17) is 14.5 Å². The molecule has 0 bridgehead atoms. The normalized spacial score (nSPS) is 13.0. The van der Waals surface area contributed by atoms with Crippen molar-refractivity contribution in [3.63, 3.8) is 0 Å². The second-order valence-electron chi connectivity index (χ2n) is 11.1. The molecule has 1 aromatic heterocycles. The minimum Gasteiger partial charge on any atom is -0.444 e. The Kier molecular flexibility index (Phi) is 9.65. The van der Waals surface area contributed by atoms with Crippen LogP contribution in [0.3, 0.4) is 0 Å². The van der Waals surface area contributed by atoms with Gasteiger partial charge in [0.2, 0.25) is 0 Å². The maximum Gasteiger partial charge on any atom is 0.408 e. The van der Waals surface area contributed by atoms with E-state index in [1.807, 2.05) is 98.6 Å². The fourth-order valence-corrected chi connectivity index (χ4v) is 4.80. The van der Waals surface area contributed by atoms with Gasteiger partial charge in [0.25, 0.3) is 5.56 Å². The first-order valence-corrected chi connectivity index (χ1v) is 14.2. The molecule has 42 heavy (non-hydrogen) atoms. The van der Waals surface area contributed by atoms with E-state index in [1.54, 1.807) is 25.3 Å². The number of aromatic nitrogens is 2. The van der Waals surface area contributed by atoms with Crippen LogP contribution in [0.25, 0.3) is 16.6 Å². The number of hydrogen-bond acceptors (Lipinski definition) is 7. The van der Waals surface area contributed by atoms with Crippen molar-refractivity contribution in [2.75, 3.05) is 18.6 Å². The van der Waals surface area contributed by atoms with Crippen LogP contribution in [0.15, 0.2) is 77.6 Å². The molecule has 0 aliphatic heterocycles. The number of carbonyl (C=O) groups is 1. The summed E-state index contributed by atoms with van der Waals surface area (Å²) in [4.78, 5) is 34.0. The van der Waals surface area contributed by atoms with Gasteiger partial charge in [-0.25, -0.2) is 9.78 Å². The molecule has 1 heterocycles. The third kappa shape index (κ3) is 7.16. The van der Waals surface area contributed by atoms with E-state index in [0.29, 0.717) is 47.6 Å². The lowest BCUT2D eigenvalue weighted by Crippen LogP contribution is -2.38. The van der Waals surface area contributed by atoms with Crippen LogP contribution >= 0.6 is 0 Å². The van der Waals surface area contributed by atoms with Crippen molar-refractivity contribution in [1.82, 2.24) is 14.9 Å². The Balaban J connectivity index is 1.76. The van der Waals surface area contributed by atoms with Gasteiger partial charge in [0.05, 0.1) is 22.6 Å². The monoisotopic (exact) mass is 572 g/mol. The minimum absolute atomic E-state index is 0.218. The van der Waals surface area contributed by atoms with Gasteiger partial charge in [-0.3, -0.25) is 9.36 Å². The molecular formula is C33H40N4O5. The summed E-state index contributed by atoms with van der Waals surface area (Å²) < 4.78 is 12.4. The summed E-state index contributed by atoms with van der Waals surface area (Å²) in [6, 6.07) is 21.9. The highest BCUT2D eigenvalue weighted by Gasteiger charge is 2.25. The molecule has 0 saturated carbocycles. The Bertz CT molecular complexity index is 1560. The first-order valence-electron chi connectivity index (χ1n) is 14.2. The molecule has 1 amide bonds. The fourth-order valence-electron chi connectivity index (χ4n) is 4.80. The number of aliphatic hydroxyl groups excluding tert-OH is 1. The van der Waals surface area contributed by atoms with Crippen LogP contribution in [0.4, 0.5) is 10.5 Å². The Morgan fingerprint density at radius 2 is 1.71 bits per heavy atom. The molecule has 3 aromatic carbocycles. The summed E-state index contributed by atoms with van der Waals surface area (Å²) >= 11 is 0. The highest BCUT2D eigenvalue weighted by molar-refractivity contribution is 5.82. The molecule has 1 unspecified atom stereocenters. The number of para-hydroxylation sites is 1. The van der Waals surface area contributed by atoms with Crippen molar-refractivity contribution in [3.05, 3.63) is 100 Å². The zero-order valence-corrected chi connectivity index (χ0v) is 25.1. The highest BCUT2D eigenvalue weighted by atomic mass is 16.6. The number of alkyl carbamates (subject to hydrolysis) is 1. The molecule has 0 saturated heterocycles. The molecule has 9 nitrogen and oxygen atoms in total. The van der Waals surface area contributed by atoms with Crippen LogP contribution in [0.5, 0.6) is 0 Å². The van der Waals surface area contributed by atoms with Gasteiger partial charge in [-0.05, 0) is 70.0 Å². The molecule has 0 aliphatic rings. The summed E-state index contributed by atoms with van der Waals surface area (Å²) in [5, 5.41) is 13.5. The van der Waals surface area contributed by atoms with E-state index in [9.17, 15) is 14.7 Å². The highest BCUT2D eigenvalue weighted by Crippen LogP contribution is 2.25. The molecule has 0 spiro atoms. The average molecular weight is 573 g/mol. The Morgan fingerprint density at radius 1 is 1.02 bits per heavy atom. The van der Waals surface area contributed by atoms with Crippen LogP contribution in [-0.4, -0.2) is 40.0 Å². The summed E-state index contributed by atoms with van der Waals surface area (Å²) in [5.74, 6) is 0.431. The summed E-state index contributed by atoms with van der Waals surface area (Å²) in [6.07, 6.45) is -1.04. The quantitative estimate of drug-likeness (QED) is 0.224. The first kappa shape index (κ1) is 30.7. The number of nitrogens with zero attached hydrogens (tertiary/aromatic N) is 3. The molecule has 0 radical (unpaired) electrons. The Labute approximate surface area is 246 Å². The Hall–Kier alpha value is -4.21. The smallest absolute Gasteiger partial charge is 0.408 e. The molecule has 4 rings (SSSR count). The van der Waals surface area contributed by atoms with Gasteiger partial charge in [-0.2, -0.15) is 0 Å². The predicted octanol–water partition coefficient (Wildman–Crippen LogP) is 6.03. The van der Waals surface area contributed by atoms with Gasteiger partial charge >= 0.3 is 6.09 Å². The Morgan fingerprint density at radius 3 is 2.33 bits per heavy atom. The van der Waals surface area contributed by atoms with Crippen molar-refractivity contribution in [1.29, 1.82) is 0 Å². The van der Waals surface area contributed by atoms with Gasteiger partial charge in [0.1, 0.15) is 11.4 Å². The standard InChI is InChI=1S/C33H40N4O5/c1-7-26(35-32(40)42-33(3,4)5)29-34-27-16-12-13-23(28(27)30(38)37(29)25-14-10-9-11-15-25)21-36(6)24-19-17-22(18-20-24)31(39)41-8-2/h9-20,26,31,39H,7-8,21H2,1-6H3,(H,35,40)/t26-,31?/m0/s1. The number of hydrogen-bond donors (Lipinski definition) is 2. The number of nitrogens with one attached hydrogen (secondary N) is 1. The second-order valence-corrected chi connectivity index (χ2v) is 11.1. The van der Waals surface area contributed by atoms with E-state index < -0.39 is 24.0 Å². The maximum atomic E-state index is 14.3.